The molecule has 38 heavy (non-hydrogen) atoms. The standard InChI is InChI=1S/C33H20ClN3O/c34-33-36-31(23-15-16-28-27-13-7-8-14-29(27)38-30(28)20-23)35-32(37-33)26-18-24(21-9-3-1-4-10-21)17-25(19-26)22-11-5-2-6-12-22/h1-20H. The number of benzene rings is 5. The summed E-state index contributed by atoms with van der Waals surface area (Å²) in [6.07, 6.45) is 0. The Morgan fingerprint density at radius 2 is 0.974 bits per heavy atom. The van der Waals surface area contributed by atoms with Crippen LogP contribution in [0.4, 0.5) is 0 Å². The summed E-state index contributed by atoms with van der Waals surface area (Å²) < 4.78 is 6.08. The molecule has 2 aromatic heterocycles. The van der Waals surface area contributed by atoms with Crippen LogP contribution >= 0.6 is 11.6 Å². The predicted molar refractivity (Wildman–Crippen MR) is 154 cm³/mol. The van der Waals surface area contributed by atoms with E-state index in [1.54, 1.807) is 0 Å². The summed E-state index contributed by atoms with van der Waals surface area (Å²) in [6.45, 7) is 0. The number of aromatic nitrogens is 3. The van der Waals surface area contributed by atoms with Gasteiger partial charge in [0.25, 0.3) is 0 Å². The zero-order valence-electron chi connectivity index (χ0n) is 20.2. The Morgan fingerprint density at radius 3 is 1.66 bits per heavy atom. The molecular weight excluding hydrogens is 490 g/mol. The zero-order valence-corrected chi connectivity index (χ0v) is 20.9. The minimum atomic E-state index is 0.140. The van der Waals surface area contributed by atoms with Crippen molar-refractivity contribution < 1.29 is 4.42 Å². The van der Waals surface area contributed by atoms with Gasteiger partial charge in [-0.25, -0.2) is 4.98 Å². The average Bonchev–Trinajstić information content (AvgIpc) is 3.35. The van der Waals surface area contributed by atoms with Crippen molar-refractivity contribution in [2.45, 2.75) is 0 Å². The van der Waals surface area contributed by atoms with E-state index in [0.29, 0.717) is 11.6 Å². The van der Waals surface area contributed by atoms with E-state index in [2.05, 4.69) is 58.5 Å². The van der Waals surface area contributed by atoms with Gasteiger partial charge in [0, 0.05) is 21.9 Å². The SMILES string of the molecule is Clc1nc(-c2cc(-c3ccccc3)cc(-c3ccccc3)c2)nc(-c2ccc3c(c2)oc2ccccc23)n1. The first-order valence-corrected chi connectivity index (χ1v) is 12.7. The van der Waals surface area contributed by atoms with Crippen LogP contribution in [0.25, 0.3) is 67.0 Å². The quantitative estimate of drug-likeness (QED) is 0.237. The van der Waals surface area contributed by atoms with Crippen molar-refractivity contribution in [2.75, 3.05) is 0 Å². The Bertz CT molecular complexity index is 1870. The van der Waals surface area contributed by atoms with Gasteiger partial charge in [0.2, 0.25) is 5.28 Å². The molecule has 0 amide bonds. The Morgan fingerprint density at radius 1 is 0.421 bits per heavy atom. The Hall–Kier alpha value is -4.80. The van der Waals surface area contributed by atoms with Crippen LogP contribution in [-0.2, 0) is 0 Å². The second-order valence-corrected chi connectivity index (χ2v) is 9.43. The molecule has 180 valence electrons. The number of rotatable bonds is 4. The van der Waals surface area contributed by atoms with Gasteiger partial charge in [-0.3, -0.25) is 0 Å². The maximum atomic E-state index is 6.46. The molecule has 7 rings (SSSR count). The summed E-state index contributed by atoms with van der Waals surface area (Å²) in [5.41, 5.74) is 7.67. The Balaban J connectivity index is 1.38. The molecule has 2 heterocycles. The molecule has 0 radical (unpaired) electrons. The first kappa shape index (κ1) is 22.4. The molecule has 0 atom stereocenters. The van der Waals surface area contributed by atoms with Gasteiger partial charge in [-0.15, -0.1) is 0 Å². The monoisotopic (exact) mass is 509 g/mol. The van der Waals surface area contributed by atoms with Gasteiger partial charge in [0.05, 0.1) is 0 Å². The van der Waals surface area contributed by atoms with E-state index in [1.165, 1.54) is 0 Å². The van der Waals surface area contributed by atoms with Crippen LogP contribution in [-0.4, -0.2) is 15.0 Å². The highest BCUT2D eigenvalue weighted by molar-refractivity contribution is 6.28. The van der Waals surface area contributed by atoms with E-state index in [1.807, 2.05) is 72.8 Å². The topological polar surface area (TPSA) is 51.8 Å². The van der Waals surface area contributed by atoms with Crippen LogP contribution in [0, 0.1) is 0 Å². The summed E-state index contributed by atoms with van der Waals surface area (Å²) in [5, 5.41) is 2.27. The molecule has 4 nitrogen and oxygen atoms in total. The first-order valence-electron chi connectivity index (χ1n) is 12.3. The number of para-hydroxylation sites is 1. The van der Waals surface area contributed by atoms with Crippen LogP contribution in [0.2, 0.25) is 5.28 Å². The minimum absolute atomic E-state index is 0.140. The zero-order chi connectivity index (χ0) is 25.5. The van der Waals surface area contributed by atoms with Crippen molar-refractivity contribution in [2.24, 2.45) is 0 Å². The second kappa shape index (κ2) is 9.25. The molecule has 0 spiro atoms. The van der Waals surface area contributed by atoms with Gasteiger partial charge in [0.1, 0.15) is 11.2 Å². The van der Waals surface area contributed by atoms with E-state index in [-0.39, 0.29) is 5.28 Å². The lowest BCUT2D eigenvalue weighted by molar-refractivity contribution is 0.669. The van der Waals surface area contributed by atoms with E-state index in [0.717, 1.165) is 55.3 Å². The highest BCUT2D eigenvalue weighted by Gasteiger charge is 2.15. The van der Waals surface area contributed by atoms with Gasteiger partial charge in [-0.05, 0) is 70.3 Å². The molecule has 0 saturated carbocycles. The van der Waals surface area contributed by atoms with Crippen molar-refractivity contribution >= 4 is 33.5 Å². The summed E-state index contributed by atoms with van der Waals surface area (Å²) in [6, 6.07) is 41.0. The fourth-order valence-corrected chi connectivity index (χ4v) is 4.98. The van der Waals surface area contributed by atoms with Crippen molar-refractivity contribution in [1.82, 2.24) is 15.0 Å². The molecule has 7 aromatic rings. The first-order chi connectivity index (χ1) is 18.7. The van der Waals surface area contributed by atoms with E-state index >= 15 is 0 Å². The average molecular weight is 510 g/mol. The fourth-order valence-electron chi connectivity index (χ4n) is 4.82. The predicted octanol–water partition coefficient (Wildman–Crippen LogP) is 9.09. The van der Waals surface area contributed by atoms with E-state index in [4.69, 9.17) is 21.0 Å². The number of hydrogen-bond donors (Lipinski definition) is 0. The molecule has 0 unspecified atom stereocenters. The number of hydrogen-bond acceptors (Lipinski definition) is 4. The lowest BCUT2D eigenvalue weighted by atomic mass is 9.96. The highest BCUT2D eigenvalue weighted by atomic mass is 35.5. The van der Waals surface area contributed by atoms with Crippen LogP contribution < -0.4 is 0 Å². The van der Waals surface area contributed by atoms with Crippen LogP contribution in [0.3, 0.4) is 0 Å². The van der Waals surface area contributed by atoms with Crippen molar-refractivity contribution in [3.8, 4) is 45.0 Å². The third kappa shape index (κ3) is 4.11. The normalized spacial score (nSPS) is 11.3. The maximum absolute atomic E-state index is 6.46. The van der Waals surface area contributed by atoms with Gasteiger partial charge in [0.15, 0.2) is 11.6 Å². The summed E-state index contributed by atoms with van der Waals surface area (Å²) in [7, 11) is 0. The van der Waals surface area contributed by atoms with Crippen LogP contribution in [0.15, 0.2) is 126 Å². The van der Waals surface area contributed by atoms with E-state index < -0.39 is 0 Å². The molecule has 0 aliphatic rings. The number of nitrogens with zero attached hydrogens (tertiary/aromatic N) is 3. The summed E-state index contributed by atoms with van der Waals surface area (Å²) in [5.74, 6) is 1.01. The van der Waals surface area contributed by atoms with Crippen molar-refractivity contribution in [3.63, 3.8) is 0 Å². The molecule has 5 heteroatoms. The number of furan rings is 1. The second-order valence-electron chi connectivity index (χ2n) is 9.09. The molecule has 0 aliphatic heterocycles. The van der Waals surface area contributed by atoms with Gasteiger partial charge in [-0.1, -0.05) is 84.9 Å². The molecular formula is C33H20ClN3O. The summed E-state index contributed by atoms with van der Waals surface area (Å²) >= 11 is 6.46. The van der Waals surface area contributed by atoms with Gasteiger partial charge < -0.3 is 4.42 Å². The molecule has 0 bridgehead atoms. The van der Waals surface area contributed by atoms with Crippen molar-refractivity contribution in [1.29, 1.82) is 0 Å². The molecule has 0 aliphatic carbocycles. The third-order valence-corrected chi connectivity index (χ3v) is 6.82. The third-order valence-electron chi connectivity index (χ3n) is 6.65. The van der Waals surface area contributed by atoms with Gasteiger partial charge >= 0.3 is 0 Å². The Labute approximate surface area is 224 Å². The largest absolute Gasteiger partial charge is 0.456 e. The Kier molecular flexibility index (Phi) is 5.46. The van der Waals surface area contributed by atoms with Crippen LogP contribution in [0.1, 0.15) is 0 Å². The number of halogens is 1. The highest BCUT2D eigenvalue weighted by Crippen LogP contribution is 2.34. The molecule has 0 saturated heterocycles. The number of fused-ring (bicyclic) bond motifs is 3. The van der Waals surface area contributed by atoms with Gasteiger partial charge in [-0.2, -0.15) is 9.97 Å². The fraction of sp³-hybridized carbons (Fsp3) is 0. The van der Waals surface area contributed by atoms with E-state index in [9.17, 15) is 0 Å². The van der Waals surface area contributed by atoms with Crippen LogP contribution in [0.5, 0.6) is 0 Å². The molecule has 0 N–H and O–H groups in total. The minimum Gasteiger partial charge on any atom is -0.456 e. The van der Waals surface area contributed by atoms with Crippen molar-refractivity contribution in [3.05, 3.63) is 127 Å². The lowest BCUT2D eigenvalue weighted by Crippen LogP contribution is -1.98. The molecule has 0 fully saturated rings. The summed E-state index contributed by atoms with van der Waals surface area (Å²) in [4.78, 5) is 13.8. The lowest BCUT2D eigenvalue weighted by Gasteiger charge is -2.11. The molecule has 5 aromatic carbocycles. The maximum Gasteiger partial charge on any atom is 0.226 e. The smallest absolute Gasteiger partial charge is 0.226 e.